The lowest BCUT2D eigenvalue weighted by atomic mass is 9.95. The molecule has 16 heavy (non-hydrogen) atoms. The highest BCUT2D eigenvalue weighted by Crippen LogP contribution is 2.18. The summed E-state index contributed by atoms with van der Waals surface area (Å²) in [6.07, 6.45) is 2.88. The number of nitrogens with one attached hydrogen (secondary N) is 2. The van der Waals surface area contributed by atoms with Gasteiger partial charge in [0.25, 0.3) is 0 Å². The number of hydrogen-bond donors (Lipinski definition) is 2. The van der Waals surface area contributed by atoms with Crippen molar-refractivity contribution < 1.29 is 14.3 Å². The second kappa shape index (κ2) is 5.01. The summed E-state index contributed by atoms with van der Waals surface area (Å²) < 4.78 is 10.6. The van der Waals surface area contributed by atoms with Crippen LogP contribution in [0.15, 0.2) is 0 Å². The minimum atomic E-state index is -0.220. The number of urea groups is 1. The minimum absolute atomic E-state index is 0.108. The molecule has 2 amide bonds. The smallest absolute Gasteiger partial charge is 0.315 e. The second-order valence-corrected chi connectivity index (χ2v) is 4.88. The third-order valence-corrected chi connectivity index (χ3v) is 3.12. The van der Waals surface area contributed by atoms with E-state index in [0.717, 1.165) is 32.5 Å². The number of amides is 2. The van der Waals surface area contributed by atoms with Crippen LogP contribution >= 0.6 is 0 Å². The highest BCUT2D eigenvalue weighted by Gasteiger charge is 2.30. The zero-order valence-electron chi connectivity index (χ0n) is 9.75. The first-order valence-electron chi connectivity index (χ1n) is 5.92. The molecule has 2 heterocycles. The number of hydrogen-bond acceptors (Lipinski definition) is 3. The molecule has 2 aliphatic rings. The Kier molecular flexibility index (Phi) is 3.66. The maximum Gasteiger partial charge on any atom is 0.315 e. The molecule has 2 unspecified atom stereocenters. The van der Waals surface area contributed by atoms with Crippen molar-refractivity contribution in [1.29, 1.82) is 0 Å². The molecule has 0 spiro atoms. The molecule has 0 bridgehead atoms. The van der Waals surface area contributed by atoms with Crippen molar-refractivity contribution in [2.75, 3.05) is 26.4 Å². The van der Waals surface area contributed by atoms with E-state index >= 15 is 0 Å². The third kappa shape index (κ3) is 3.09. The summed E-state index contributed by atoms with van der Waals surface area (Å²) >= 11 is 0. The Morgan fingerprint density at radius 3 is 2.88 bits per heavy atom. The molecule has 5 heteroatoms. The van der Waals surface area contributed by atoms with Crippen LogP contribution in [0.3, 0.4) is 0 Å². The Balaban J connectivity index is 1.76. The summed E-state index contributed by atoms with van der Waals surface area (Å²) in [4.78, 5) is 11.7. The molecule has 0 aromatic carbocycles. The van der Waals surface area contributed by atoms with E-state index in [1.165, 1.54) is 0 Å². The number of carbonyl (C=O) groups is 1. The summed E-state index contributed by atoms with van der Waals surface area (Å²) in [5, 5.41) is 5.91. The van der Waals surface area contributed by atoms with Crippen LogP contribution in [0.5, 0.6) is 0 Å². The SMILES string of the molecule is CC1(NC(=O)NC2CCOC2)CCCOC1. The van der Waals surface area contributed by atoms with Gasteiger partial charge in [0.15, 0.2) is 0 Å². The van der Waals surface area contributed by atoms with E-state index in [2.05, 4.69) is 10.6 Å². The molecule has 2 N–H and O–H groups in total. The van der Waals surface area contributed by atoms with Crippen molar-refractivity contribution in [1.82, 2.24) is 10.6 Å². The normalized spacial score (nSPS) is 34.7. The van der Waals surface area contributed by atoms with E-state index in [1.54, 1.807) is 0 Å². The summed E-state index contributed by atoms with van der Waals surface area (Å²) in [6.45, 7) is 4.79. The van der Waals surface area contributed by atoms with Gasteiger partial charge in [0.05, 0.1) is 24.8 Å². The molecule has 2 aliphatic heterocycles. The minimum Gasteiger partial charge on any atom is -0.379 e. The van der Waals surface area contributed by atoms with Crippen molar-refractivity contribution >= 4 is 6.03 Å². The van der Waals surface area contributed by atoms with Crippen LogP contribution < -0.4 is 10.6 Å². The molecular formula is C11H20N2O3. The van der Waals surface area contributed by atoms with Gasteiger partial charge < -0.3 is 20.1 Å². The number of carbonyl (C=O) groups excluding carboxylic acids is 1. The van der Waals surface area contributed by atoms with Crippen LogP contribution in [0.2, 0.25) is 0 Å². The van der Waals surface area contributed by atoms with E-state index in [9.17, 15) is 4.79 Å². The number of rotatable bonds is 2. The van der Waals surface area contributed by atoms with Crippen LogP contribution in [0, 0.1) is 0 Å². The van der Waals surface area contributed by atoms with Crippen molar-refractivity contribution in [3.05, 3.63) is 0 Å². The average Bonchev–Trinajstić information content (AvgIpc) is 2.70. The second-order valence-electron chi connectivity index (χ2n) is 4.88. The zero-order valence-corrected chi connectivity index (χ0v) is 9.75. The lowest BCUT2D eigenvalue weighted by Crippen LogP contribution is -2.56. The molecule has 0 aliphatic carbocycles. The monoisotopic (exact) mass is 228 g/mol. The van der Waals surface area contributed by atoms with Crippen LogP contribution in [-0.2, 0) is 9.47 Å². The molecule has 0 aromatic rings. The van der Waals surface area contributed by atoms with E-state index < -0.39 is 0 Å². The van der Waals surface area contributed by atoms with E-state index in [1.807, 2.05) is 6.92 Å². The molecule has 5 nitrogen and oxygen atoms in total. The van der Waals surface area contributed by atoms with Gasteiger partial charge in [-0.05, 0) is 26.2 Å². The first-order chi connectivity index (χ1) is 7.68. The van der Waals surface area contributed by atoms with Gasteiger partial charge in [0.2, 0.25) is 0 Å². The Hall–Kier alpha value is -0.810. The highest BCUT2D eigenvalue weighted by atomic mass is 16.5. The fourth-order valence-corrected chi connectivity index (χ4v) is 2.18. The molecule has 0 aromatic heterocycles. The van der Waals surface area contributed by atoms with Crippen molar-refractivity contribution in [2.45, 2.75) is 37.8 Å². The highest BCUT2D eigenvalue weighted by molar-refractivity contribution is 5.75. The standard InChI is InChI=1S/C11H20N2O3/c1-11(4-2-5-16-8-11)13-10(14)12-9-3-6-15-7-9/h9H,2-8H2,1H3,(H2,12,13,14). The quantitative estimate of drug-likeness (QED) is 0.729. The predicted octanol–water partition coefficient (Wildman–Crippen LogP) is 0.644. The predicted molar refractivity (Wildman–Crippen MR) is 59.3 cm³/mol. The summed E-state index contributed by atoms with van der Waals surface area (Å²) in [7, 11) is 0. The summed E-state index contributed by atoms with van der Waals surface area (Å²) in [5.74, 6) is 0. The Morgan fingerprint density at radius 2 is 2.25 bits per heavy atom. The average molecular weight is 228 g/mol. The molecule has 2 fully saturated rings. The van der Waals surface area contributed by atoms with E-state index in [-0.39, 0.29) is 17.6 Å². The first kappa shape index (κ1) is 11.7. The van der Waals surface area contributed by atoms with Crippen LogP contribution in [0.25, 0.3) is 0 Å². The third-order valence-electron chi connectivity index (χ3n) is 3.12. The fourth-order valence-electron chi connectivity index (χ4n) is 2.18. The fraction of sp³-hybridized carbons (Fsp3) is 0.909. The molecule has 0 saturated carbocycles. The van der Waals surface area contributed by atoms with Gasteiger partial charge in [-0.3, -0.25) is 0 Å². The zero-order chi connectivity index (χ0) is 11.4. The molecule has 2 saturated heterocycles. The molecule has 2 rings (SSSR count). The Morgan fingerprint density at radius 1 is 1.38 bits per heavy atom. The summed E-state index contributed by atoms with van der Waals surface area (Å²) in [6, 6.07) is 0.0524. The van der Waals surface area contributed by atoms with Crippen molar-refractivity contribution in [3.8, 4) is 0 Å². The topological polar surface area (TPSA) is 59.6 Å². The van der Waals surface area contributed by atoms with Crippen LogP contribution in [-0.4, -0.2) is 44.0 Å². The van der Waals surface area contributed by atoms with Gasteiger partial charge in [0.1, 0.15) is 0 Å². The van der Waals surface area contributed by atoms with Gasteiger partial charge >= 0.3 is 6.03 Å². The van der Waals surface area contributed by atoms with Gasteiger partial charge in [-0.25, -0.2) is 4.79 Å². The Bertz CT molecular complexity index is 246. The van der Waals surface area contributed by atoms with Gasteiger partial charge in [-0.1, -0.05) is 0 Å². The molecule has 2 atom stereocenters. The molecule has 0 radical (unpaired) electrons. The van der Waals surface area contributed by atoms with E-state index in [4.69, 9.17) is 9.47 Å². The van der Waals surface area contributed by atoms with Crippen LogP contribution in [0.4, 0.5) is 4.79 Å². The maximum atomic E-state index is 11.7. The molecular weight excluding hydrogens is 208 g/mol. The van der Waals surface area contributed by atoms with Crippen LogP contribution in [0.1, 0.15) is 26.2 Å². The Labute approximate surface area is 95.9 Å². The van der Waals surface area contributed by atoms with Gasteiger partial charge in [-0.2, -0.15) is 0 Å². The first-order valence-corrected chi connectivity index (χ1v) is 5.92. The number of ether oxygens (including phenoxy) is 2. The molecule has 92 valence electrons. The lowest BCUT2D eigenvalue weighted by molar-refractivity contribution is 0.0331. The van der Waals surface area contributed by atoms with Gasteiger partial charge in [0, 0.05) is 13.2 Å². The van der Waals surface area contributed by atoms with Gasteiger partial charge in [-0.15, -0.1) is 0 Å². The van der Waals surface area contributed by atoms with Crippen molar-refractivity contribution in [2.24, 2.45) is 0 Å². The summed E-state index contributed by atoms with van der Waals surface area (Å²) in [5.41, 5.74) is -0.220. The largest absolute Gasteiger partial charge is 0.379 e. The lowest BCUT2D eigenvalue weighted by Gasteiger charge is -2.34. The van der Waals surface area contributed by atoms with Crippen molar-refractivity contribution in [3.63, 3.8) is 0 Å². The van der Waals surface area contributed by atoms with E-state index in [0.29, 0.717) is 13.2 Å². The maximum absolute atomic E-state index is 11.7.